The Labute approximate surface area is 175 Å². The van der Waals surface area contributed by atoms with E-state index in [1.807, 2.05) is 6.07 Å². The van der Waals surface area contributed by atoms with Crippen LogP contribution in [0.15, 0.2) is 29.3 Å². The number of methoxy groups -OCH3 is 1. The Balaban J connectivity index is 0.00000338. The number of ether oxygens (including phenoxy) is 1. The van der Waals surface area contributed by atoms with Gasteiger partial charge in [-0.3, -0.25) is 4.99 Å². The van der Waals surface area contributed by atoms with Crippen molar-refractivity contribution >= 4 is 35.6 Å². The smallest absolute Gasteiger partial charge is 0.194 e. The van der Waals surface area contributed by atoms with Crippen LogP contribution in [0.4, 0.5) is 5.69 Å². The minimum Gasteiger partial charge on any atom is -0.497 e. The molecule has 0 aliphatic carbocycles. The summed E-state index contributed by atoms with van der Waals surface area (Å²) in [4.78, 5) is 11.9. The van der Waals surface area contributed by atoms with Gasteiger partial charge in [-0.2, -0.15) is 0 Å². The van der Waals surface area contributed by atoms with Crippen molar-refractivity contribution in [1.82, 2.24) is 15.1 Å². The van der Waals surface area contributed by atoms with E-state index in [0.29, 0.717) is 0 Å². The van der Waals surface area contributed by atoms with Gasteiger partial charge in [0.25, 0.3) is 0 Å². The molecule has 2 rings (SSSR count). The highest BCUT2D eigenvalue weighted by atomic mass is 127. The highest BCUT2D eigenvalue weighted by molar-refractivity contribution is 14.0. The van der Waals surface area contributed by atoms with Crippen LogP contribution in [0.3, 0.4) is 0 Å². The highest BCUT2D eigenvalue weighted by Crippen LogP contribution is 2.22. The Hall–Kier alpha value is -1.22. The number of likely N-dealkylation sites (N-methyl/N-ethyl adjacent to an activating group) is 1. The third-order valence-corrected chi connectivity index (χ3v) is 4.62. The molecule has 1 heterocycles. The predicted molar refractivity (Wildman–Crippen MR) is 121 cm³/mol. The Bertz CT molecular complexity index is 546. The summed E-state index contributed by atoms with van der Waals surface area (Å²) in [6.45, 7) is 12.0. The zero-order chi connectivity index (χ0) is 18.1. The lowest BCUT2D eigenvalue weighted by atomic mass is 10.2. The average molecular weight is 475 g/mol. The van der Waals surface area contributed by atoms with Crippen molar-refractivity contribution in [1.29, 1.82) is 0 Å². The van der Waals surface area contributed by atoms with Gasteiger partial charge in [-0.15, -0.1) is 24.0 Å². The molecule has 1 aromatic carbocycles. The average Bonchev–Trinajstić information content (AvgIpc) is 2.67. The molecular weight excluding hydrogens is 441 g/mol. The first-order valence-corrected chi connectivity index (χ1v) is 9.28. The molecule has 0 unspecified atom stereocenters. The number of rotatable bonds is 7. The summed E-state index contributed by atoms with van der Waals surface area (Å²) in [5, 5.41) is 3.44. The summed E-state index contributed by atoms with van der Waals surface area (Å²) in [7, 11) is 3.85. The lowest BCUT2D eigenvalue weighted by molar-refractivity contribution is 0.354. The number of nitrogens with one attached hydrogen (secondary N) is 1. The quantitative estimate of drug-likeness (QED) is 0.373. The molecule has 0 amide bonds. The first-order chi connectivity index (χ1) is 12.2. The van der Waals surface area contributed by atoms with Gasteiger partial charge in [0.05, 0.1) is 13.7 Å². The standard InChI is InChI=1S/C19H33N5O.HI/c1-5-20-19(21-10-11-22(3)6-2)24-14-12-23(13-15-24)17-8-7-9-18(16-17)25-4;/h7-9,16H,5-6,10-15H2,1-4H3,(H,20,21);1H. The summed E-state index contributed by atoms with van der Waals surface area (Å²) in [5.41, 5.74) is 1.23. The minimum absolute atomic E-state index is 0. The maximum Gasteiger partial charge on any atom is 0.194 e. The second-order valence-corrected chi connectivity index (χ2v) is 6.31. The van der Waals surface area contributed by atoms with Crippen LogP contribution >= 0.6 is 24.0 Å². The van der Waals surface area contributed by atoms with Crippen molar-refractivity contribution in [3.63, 3.8) is 0 Å². The lowest BCUT2D eigenvalue weighted by Gasteiger charge is -2.37. The third kappa shape index (κ3) is 6.83. The van der Waals surface area contributed by atoms with E-state index in [0.717, 1.165) is 64.1 Å². The molecule has 0 atom stereocenters. The van der Waals surface area contributed by atoms with E-state index in [2.05, 4.69) is 59.1 Å². The summed E-state index contributed by atoms with van der Waals surface area (Å²) in [6.07, 6.45) is 0. The first-order valence-electron chi connectivity index (χ1n) is 9.28. The van der Waals surface area contributed by atoms with Crippen molar-refractivity contribution in [2.45, 2.75) is 13.8 Å². The molecule has 1 fully saturated rings. The normalized spacial score (nSPS) is 15.0. The second-order valence-electron chi connectivity index (χ2n) is 6.31. The van der Waals surface area contributed by atoms with Crippen LogP contribution in [-0.4, -0.2) is 82.3 Å². The van der Waals surface area contributed by atoms with Crippen LogP contribution in [0.5, 0.6) is 5.75 Å². The molecule has 1 saturated heterocycles. The number of aliphatic imine (C=N–C) groups is 1. The number of benzene rings is 1. The summed E-state index contributed by atoms with van der Waals surface area (Å²) < 4.78 is 5.34. The fraction of sp³-hybridized carbons (Fsp3) is 0.632. The highest BCUT2D eigenvalue weighted by Gasteiger charge is 2.20. The van der Waals surface area contributed by atoms with Crippen molar-refractivity contribution in [3.8, 4) is 5.75 Å². The molecule has 26 heavy (non-hydrogen) atoms. The molecule has 1 N–H and O–H groups in total. The molecule has 0 radical (unpaired) electrons. The molecular formula is C19H34IN5O. The minimum atomic E-state index is 0. The maximum atomic E-state index is 5.34. The first kappa shape index (κ1) is 22.8. The lowest BCUT2D eigenvalue weighted by Crippen LogP contribution is -2.52. The number of anilines is 1. The Kier molecular flexibility index (Phi) is 10.7. The summed E-state index contributed by atoms with van der Waals surface area (Å²) >= 11 is 0. The number of piperazine rings is 1. The largest absolute Gasteiger partial charge is 0.497 e. The van der Waals surface area contributed by atoms with Gasteiger partial charge in [-0.25, -0.2) is 0 Å². The Morgan fingerprint density at radius 2 is 1.96 bits per heavy atom. The summed E-state index contributed by atoms with van der Waals surface area (Å²) in [5.74, 6) is 1.95. The molecule has 0 aromatic heterocycles. The number of hydrogen-bond donors (Lipinski definition) is 1. The van der Waals surface area contributed by atoms with Gasteiger partial charge in [0.2, 0.25) is 0 Å². The van der Waals surface area contributed by atoms with E-state index >= 15 is 0 Å². The molecule has 7 heteroatoms. The van der Waals surface area contributed by atoms with Crippen LogP contribution in [0.1, 0.15) is 13.8 Å². The Morgan fingerprint density at radius 1 is 1.23 bits per heavy atom. The molecule has 1 aliphatic rings. The van der Waals surface area contributed by atoms with Gasteiger partial charge < -0.3 is 24.8 Å². The maximum absolute atomic E-state index is 5.34. The van der Waals surface area contributed by atoms with Crippen LogP contribution in [0, 0.1) is 0 Å². The SMILES string of the molecule is CCNC(=NCCN(C)CC)N1CCN(c2cccc(OC)c2)CC1.I. The van der Waals surface area contributed by atoms with E-state index in [1.165, 1.54) is 5.69 Å². The van der Waals surface area contributed by atoms with Crippen molar-refractivity contribution in [2.75, 3.05) is 71.4 Å². The van der Waals surface area contributed by atoms with Crippen LogP contribution in [-0.2, 0) is 0 Å². The topological polar surface area (TPSA) is 43.3 Å². The molecule has 6 nitrogen and oxygen atoms in total. The van der Waals surface area contributed by atoms with Crippen LogP contribution in [0.25, 0.3) is 0 Å². The second kappa shape index (κ2) is 12.2. The van der Waals surface area contributed by atoms with Crippen LogP contribution < -0.4 is 15.0 Å². The van der Waals surface area contributed by atoms with Crippen LogP contribution in [0.2, 0.25) is 0 Å². The third-order valence-electron chi connectivity index (χ3n) is 4.62. The fourth-order valence-corrected chi connectivity index (χ4v) is 2.89. The van der Waals surface area contributed by atoms with E-state index in [4.69, 9.17) is 9.73 Å². The fourth-order valence-electron chi connectivity index (χ4n) is 2.89. The van der Waals surface area contributed by atoms with E-state index in [9.17, 15) is 0 Å². The molecule has 148 valence electrons. The number of nitrogens with zero attached hydrogens (tertiary/aromatic N) is 4. The molecule has 1 aliphatic heterocycles. The molecule has 0 saturated carbocycles. The van der Waals surface area contributed by atoms with Gasteiger partial charge in [-0.05, 0) is 32.6 Å². The van der Waals surface area contributed by atoms with Crippen molar-refractivity contribution in [3.05, 3.63) is 24.3 Å². The van der Waals surface area contributed by atoms with E-state index < -0.39 is 0 Å². The predicted octanol–water partition coefficient (Wildman–Crippen LogP) is 2.35. The zero-order valence-corrected chi connectivity index (χ0v) is 18.9. The Morgan fingerprint density at radius 3 is 2.58 bits per heavy atom. The molecule has 0 spiro atoms. The zero-order valence-electron chi connectivity index (χ0n) is 16.6. The molecule has 1 aromatic rings. The van der Waals surface area contributed by atoms with E-state index in [-0.39, 0.29) is 24.0 Å². The van der Waals surface area contributed by atoms with Gasteiger partial charge >= 0.3 is 0 Å². The van der Waals surface area contributed by atoms with E-state index in [1.54, 1.807) is 7.11 Å². The summed E-state index contributed by atoms with van der Waals surface area (Å²) in [6, 6.07) is 8.30. The van der Waals surface area contributed by atoms with Crippen molar-refractivity contribution < 1.29 is 4.74 Å². The van der Waals surface area contributed by atoms with Gasteiger partial charge in [0.1, 0.15) is 5.75 Å². The number of guanidine groups is 1. The molecule has 0 bridgehead atoms. The van der Waals surface area contributed by atoms with Crippen molar-refractivity contribution in [2.24, 2.45) is 4.99 Å². The number of hydrogen-bond acceptors (Lipinski definition) is 4. The monoisotopic (exact) mass is 475 g/mol. The van der Waals surface area contributed by atoms with Gasteiger partial charge in [0, 0.05) is 51.0 Å². The number of halogens is 1. The van der Waals surface area contributed by atoms with Gasteiger partial charge in [-0.1, -0.05) is 13.0 Å². The van der Waals surface area contributed by atoms with Gasteiger partial charge in [0.15, 0.2) is 5.96 Å².